The molecule has 0 saturated carbocycles. The second kappa shape index (κ2) is 5.51. The van der Waals surface area contributed by atoms with Gasteiger partial charge in [0.1, 0.15) is 0 Å². The third-order valence-electron chi connectivity index (χ3n) is 2.96. The topological polar surface area (TPSA) is 86.2 Å². The molecule has 4 N–H and O–H groups in total. The fourth-order valence-electron chi connectivity index (χ4n) is 1.93. The van der Waals surface area contributed by atoms with E-state index in [0.29, 0.717) is 12.1 Å². The molecule has 0 spiro atoms. The van der Waals surface area contributed by atoms with Gasteiger partial charge in [-0.05, 0) is 24.1 Å². The largest absolute Gasteiger partial charge is 0.399 e. The molecule has 0 saturated heterocycles. The van der Waals surface area contributed by atoms with Crippen molar-refractivity contribution in [2.24, 2.45) is 5.73 Å². The van der Waals surface area contributed by atoms with Crippen molar-refractivity contribution in [2.75, 3.05) is 11.5 Å². The SMILES string of the molecule is CCC(C(N)c1cccc(N)c1)S(=O)(=O)CC. The monoisotopic (exact) mass is 256 g/mol. The van der Waals surface area contributed by atoms with Gasteiger partial charge in [-0.15, -0.1) is 0 Å². The minimum Gasteiger partial charge on any atom is -0.399 e. The molecule has 0 aromatic heterocycles. The van der Waals surface area contributed by atoms with Gasteiger partial charge in [0.15, 0.2) is 9.84 Å². The molecular weight excluding hydrogens is 236 g/mol. The maximum Gasteiger partial charge on any atom is 0.154 e. The maximum absolute atomic E-state index is 11.9. The quantitative estimate of drug-likeness (QED) is 0.781. The van der Waals surface area contributed by atoms with Crippen LogP contribution in [0.2, 0.25) is 0 Å². The van der Waals surface area contributed by atoms with Crippen molar-refractivity contribution < 1.29 is 8.42 Å². The lowest BCUT2D eigenvalue weighted by Gasteiger charge is -2.22. The highest BCUT2D eigenvalue weighted by Crippen LogP contribution is 2.24. The van der Waals surface area contributed by atoms with E-state index in [1.54, 1.807) is 25.1 Å². The number of nitrogen functional groups attached to an aromatic ring is 1. The van der Waals surface area contributed by atoms with E-state index in [4.69, 9.17) is 11.5 Å². The Kier molecular flexibility index (Phi) is 4.54. The molecule has 0 radical (unpaired) electrons. The molecule has 96 valence electrons. The molecule has 1 rings (SSSR count). The molecule has 17 heavy (non-hydrogen) atoms. The molecule has 0 aliphatic carbocycles. The zero-order chi connectivity index (χ0) is 13.1. The predicted molar refractivity (Wildman–Crippen MR) is 71.3 cm³/mol. The van der Waals surface area contributed by atoms with Gasteiger partial charge in [0.2, 0.25) is 0 Å². The second-order valence-electron chi connectivity index (χ2n) is 4.09. The van der Waals surface area contributed by atoms with Gasteiger partial charge in [0, 0.05) is 17.5 Å². The summed E-state index contributed by atoms with van der Waals surface area (Å²) >= 11 is 0. The fraction of sp³-hybridized carbons (Fsp3) is 0.500. The summed E-state index contributed by atoms with van der Waals surface area (Å²) in [6.07, 6.45) is 0.506. The van der Waals surface area contributed by atoms with Crippen LogP contribution < -0.4 is 11.5 Å². The van der Waals surface area contributed by atoms with E-state index in [-0.39, 0.29) is 5.75 Å². The minimum atomic E-state index is -3.14. The van der Waals surface area contributed by atoms with E-state index in [0.717, 1.165) is 5.56 Å². The Bertz CT molecular complexity index is 471. The predicted octanol–water partition coefficient (Wildman–Crippen LogP) is 1.48. The molecule has 1 aromatic carbocycles. The third kappa shape index (κ3) is 3.20. The van der Waals surface area contributed by atoms with Gasteiger partial charge < -0.3 is 11.5 Å². The summed E-state index contributed by atoms with van der Waals surface area (Å²) in [5, 5.41) is -0.547. The molecule has 0 fully saturated rings. The molecular formula is C12H20N2O2S. The Morgan fingerprint density at radius 3 is 2.41 bits per heavy atom. The first-order valence-electron chi connectivity index (χ1n) is 5.75. The third-order valence-corrected chi connectivity index (χ3v) is 5.32. The zero-order valence-corrected chi connectivity index (χ0v) is 11.1. The van der Waals surface area contributed by atoms with E-state index in [9.17, 15) is 8.42 Å². The fourth-order valence-corrected chi connectivity index (χ4v) is 3.47. The summed E-state index contributed by atoms with van der Waals surface area (Å²) in [5.41, 5.74) is 13.1. The van der Waals surface area contributed by atoms with E-state index in [1.807, 2.05) is 13.0 Å². The highest BCUT2D eigenvalue weighted by molar-refractivity contribution is 7.92. The lowest BCUT2D eigenvalue weighted by molar-refractivity contribution is 0.549. The van der Waals surface area contributed by atoms with Crippen LogP contribution in [-0.4, -0.2) is 19.4 Å². The molecule has 0 aliphatic heterocycles. The van der Waals surface area contributed by atoms with Crippen LogP contribution in [0.3, 0.4) is 0 Å². The Balaban J connectivity index is 3.06. The molecule has 0 heterocycles. The minimum absolute atomic E-state index is 0.113. The molecule has 0 aliphatic rings. The summed E-state index contributed by atoms with van der Waals surface area (Å²) < 4.78 is 23.8. The summed E-state index contributed by atoms with van der Waals surface area (Å²) in [6, 6.07) is 6.57. The standard InChI is InChI=1S/C12H20N2O2S/c1-3-11(17(15,16)4-2)12(14)9-6-5-7-10(13)8-9/h5-8,11-12H,3-4,13-14H2,1-2H3. The molecule has 2 atom stereocenters. The molecule has 0 bridgehead atoms. The van der Waals surface area contributed by atoms with E-state index < -0.39 is 21.1 Å². The first-order chi connectivity index (χ1) is 7.92. The Morgan fingerprint density at radius 1 is 1.29 bits per heavy atom. The van der Waals surface area contributed by atoms with Crippen molar-refractivity contribution >= 4 is 15.5 Å². The smallest absolute Gasteiger partial charge is 0.154 e. The van der Waals surface area contributed by atoms with Crippen LogP contribution in [0.1, 0.15) is 31.9 Å². The van der Waals surface area contributed by atoms with Gasteiger partial charge in [-0.1, -0.05) is 26.0 Å². The number of anilines is 1. The molecule has 1 aromatic rings. The number of hydrogen-bond donors (Lipinski definition) is 2. The van der Waals surface area contributed by atoms with Crippen LogP contribution >= 0.6 is 0 Å². The van der Waals surface area contributed by atoms with Crippen LogP contribution in [0, 0.1) is 0 Å². The van der Waals surface area contributed by atoms with Gasteiger partial charge in [-0.25, -0.2) is 8.42 Å². The van der Waals surface area contributed by atoms with Crippen molar-refractivity contribution in [3.05, 3.63) is 29.8 Å². The van der Waals surface area contributed by atoms with Crippen LogP contribution in [0.25, 0.3) is 0 Å². The van der Waals surface area contributed by atoms with Crippen molar-refractivity contribution in [3.63, 3.8) is 0 Å². The van der Waals surface area contributed by atoms with Crippen LogP contribution in [0.15, 0.2) is 24.3 Å². The summed E-state index contributed by atoms with van der Waals surface area (Å²) in [6.45, 7) is 3.48. The number of sulfone groups is 1. The van der Waals surface area contributed by atoms with Crippen LogP contribution in [-0.2, 0) is 9.84 Å². The van der Waals surface area contributed by atoms with Crippen molar-refractivity contribution in [3.8, 4) is 0 Å². The van der Waals surface area contributed by atoms with Gasteiger partial charge in [-0.2, -0.15) is 0 Å². The normalized spacial score (nSPS) is 15.5. The highest BCUT2D eigenvalue weighted by atomic mass is 32.2. The second-order valence-corrected chi connectivity index (χ2v) is 6.60. The number of rotatable bonds is 5. The van der Waals surface area contributed by atoms with Crippen molar-refractivity contribution in [2.45, 2.75) is 31.6 Å². The molecule has 2 unspecified atom stereocenters. The van der Waals surface area contributed by atoms with Gasteiger partial charge in [0.25, 0.3) is 0 Å². The number of nitrogens with two attached hydrogens (primary N) is 2. The van der Waals surface area contributed by atoms with Crippen LogP contribution in [0.4, 0.5) is 5.69 Å². The first-order valence-corrected chi connectivity index (χ1v) is 7.46. The summed E-state index contributed by atoms with van der Waals surface area (Å²) in [4.78, 5) is 0. The highest BCUT2D eigenvalue weighted by Gasteiger charge is 2.29. The van der Waals surface area contributed by atoms with Gasteiger partial charge in [0.05, 0.1) is 5.25 Å². The number of benzene rings is 1. The average Bonchev–Trinajstić information content (AvgIpc) is 2.29. The van der Waals surface area contributed by atoms with Gasteiger partial charge in [-0.3, -0.25) is 0 Å². The zero-order valence-electron chi connectivity index (χ0n) is 10.3. The van der Waals surface area contributed by atoms with Crippen molar-refractivity contribution in [1.29, 1.82) is 0 Å². The molecule has 0 amide bonds. The molecule has 5 heteroatoms. The van der Waals surface area contributed by atoms with E-state index in [1.165, 1.54) is 0 Å². The van der Waals surface area contributed by atoms with Crippen LogP contribution in [0.5, 0.6) is 0 Å². The Hall–Kier alpha value is -1.07. The Labute approximate surface area is 103 Å². The Morgan fingerprint density at radius 2 is 1.94 bits per heavy atom. The first kappa shape index (κ1) is 14.0. The number of hydrogen-bond acceptors (Lipinski definition) is 4. The van der Waals surface area contributed by atoms with Crippen molar-refractivity contribution in [1.82, 2.24) is 0 Å². The lowest BCUT2D eigenvalue weighted by atomic mass is 10.0. The molecule has 4 nitrogen and oxygen atoms in total. The summed E-state index contributed by atoms with van der Waals surface area (Å²) in [7, 11) is -3.14. The van der Waals surface area contributed by atoms with Gasteiger partial charge >= 0.3 is 0 Å². The van der Waals surface area contributed by atoms with E-state index in [2.05, 4.69) is 0 Å². The van der Waals surface area contributed by atoms with E-state index >= 15 is 0 Å². The summed E-state index contributed by atoms with van der Waals surface area (Å²) in [5.74, 6) is 0.113. The lowest BCUT2D eigenvalue weighted by Crippen LogP contribution is -2.34. The maximum atomic E-state index is 11.9. The average molecular weight is 256 g/mol.